The number of anilines is 1. The fourth-order valence-electron chi connectivity index (χ4n) is 8.54. The first-order chi connectivity index (χ1) is 28.2. The number of aromatic nitrogens is 2. The molecule has 0 radical (unpaired) electrons. The highest BCUT2D eigenvalue weighted by Gasteiger charge is 2.41. The minimum atomic E-state index is -4.97. The summed E-state index contributed by atoms with van der Waals surface area (Å²) in [4.78, 5) is 67.3. The van der Waals surface area contributed by atoms with Crippen LogP contribution in [0.15, 0.2) is 48.7 Å². The number of hydrogen-bond donors (Lipinski definition) is 3. The van der Waals surface area contributed by atoms with E-state index in [2.05, 4.69) is 25.3 Å². The maximum absolute atomic E-state index is 13.7. The Kier molecular flexibility index (Phi) is 12.4. The van der Waals surface area contributed by atoms with E-state index >= 15 is 0 Å². The van der Waals surface area contributed by atoms with E-state index in [1.54, 1.807) is 46.3 Å². The number of methoxy groups -OCH3 is 1. The van der Waals surface area contributed by atoms with Crippen LogP contribution in [0.25, 0.3) is 22.4 Å². The molecule has 3 N–H and O–H groups in total. The van der Waals surface area contributed by atoms with Crippen molar-refractivity contribution in [2.75, 3.05) is 51.7 Å². The third-order valence-electron chi connectivity index (χ3n) is 12.0. The lowest BCUT2D eigenvalue weighted by Crippen LogP contribution is -2.55. The first-order valence-electron chi connectivity index (χ1n) is 20.5. The second-order valence-electron chi connectivity index (χ2n) is 16.3. The molecule has 318 valence electrons. The number of H-pyrrole nitrogens is 1. The van der Waals surface area contributed by atoms with Gasteiger partial charge in [0.2, 0.25) is 11.8 Å². The highest BCUT2D eigenvalue weighted by molar-refractivity contribution is 5.91. The number of aromatic amines is 1. The highest BCUT2D eigenvalue weighted by Crippen LogP contribution is 2.39. The summed E-state index contributed by atoms with van der Waals surface area (Å²) >= 11 is 0. The number of urea groups is 1. The van der Waals surface area contributed by atoms with Gasteiger partial charge in [-0.05, 0) is 69.1 Å². The summed E-state index contributed by atoms with van der Waals surface area (Å²) in [5.74, 6) is 0.223. The molecule has 5 amide bonds. The van der Waals surface area contributed by atoms with E-state index in [0.29, 0.717) is 61.3 Å². The molecule has 4 fully saturated rings. The predicted octanol–water partition coefficient (Wildman–Crippen LogP) is 6.63. The van der Waals surface area contributed by atoms with Crippen molar-refractivity contribution in [3.05, 3.63) is 54.5 Å². The molecule has 1 aliphatic carbocycles. The molecule has 0 unspecified atom stereocenters. The number of imidazole rings is 1. The molecule has 1 saturated carbocycles. The number of piperidine rings is 1. The highest BCUT2D eigenvalue weighted by atomic mass is 19.4. The van der Waals surface area contributed by atoms with Gasteiger partial charge >= 0.3 is 18.5 Å². The summed E-state index contributed by atoms with van der Waals surface area (Å²) in [5.41, 5.74) is 2.09. The second-order valence-corrected chi connectivity index (χ2v) is 16.3. The molecule has 17 heteroatoms. The van der Waals surface area contributed by atoms with Crippen LogP contribution in [0.1, 0.15) is 71.2 Å². The number of likely N-dealkylation sites (tertiary alicyclic amines) is 2. The van der Waals surface area contributed by atoms with Gasteiger partial charge in [-0.25, -0.2) is 14.6 Å². The fourth-order valence-corrected chi connectivity index (χ4v) is 8.54. The maximum Gasteiger partial charge on any atom is 0.573 e. The number of alkyl carbamates (subject to hydrolysis) is 1. The summed E-state index contributed by atoms with van der Waals surface area (Å²) in [5, 5.41) is 5.41. The fraction of sp³-hybridized carbons (Fsp3) is 0.548. The van der Waals surface area contributed by atoms with Crippen molar-refractivity contribution in [2.45, 2.75) is 89.8 Å². The molecular formula is C42H53F3N8O6. The molecule has 0 bridgehead atoms. The monoisotopic (exact) mass is 822 g/mol. The van der Waals surface area contributed by atoms with Gasteiger partial charge in [0.25, 0.3) is 0 Å². The first kappa shape index (κ1) is 41.8. The van der Waals surface area contributed by atoms with E-state index in [1.807, 2.05) is 25.7 Å². The van der Waals surface area contributed by atoms with Gasteiger partial charge in [-0.3, -0.25) is 14.5 Å². The molecule has 14 nitrogen and oxygen atoms in total. The summed E-state index contributed by atoms with van der Waals surface area (Å²) in [7, 11) is 1.25. The maximum atomic E-state index is 13.7. The Hall–Kier alpha value is -5.32. The van der Waals surface area contributed by atoms with Gasteiger partial charge in [0, 0.05) is 86.3 Å². The van der Waals surface area contributed by atoms with Gasteiger partial charge in [-0.15, -0.1) is 13.2 Å². The molecule has 1 aromatic heterocycles. The smallest absolute Gasteiger partial charge is 0.453 e. The standard InChI is InChI=1S/C42H53F3N8O6/c1-25(2)36(49-41(57)58-4)39(55)53-26(3)5-14-34(53)37-46-24-33(48-37)28-8-6-27(7-9-28)32-13-12-30(23-35(32)59-42(43,44)45)47-40(56)52-21-19-50(20-22-52)31-15-17-51(18-16-31)38(54)29-10-11-29/h6-9,12-13,23-26,29,31,34,36H,5,10-11,14-22H2,1-4H3,(H,46,48)(H,47,56)(H,49,57)/t26-,34-,36-/m0/s1. The lowest BCUT2D eigenvalue weighted by molar-refractivity contribution is -0.274. The number of alkyl halides is 3. The van der Waals surface area contributed by atoms with Crippen molar-refractivity contribution in [2.24, 2.45) is 11.8 Å². The van der Waals surface area contributed by atoms with Gasteiger partial charge < -0.3 is 39.8 Å². The number of nitrogens with zero attached hydrogens (tertiary/aromatic N) is 5. The largest absolute Gasteiger partial charge is 0.573 e. The second kappa shape index (κ2) is 17.5. The predicted molar refractivity (Wildman–Crippen MR) is 213 cm³/mol. The SMILES string of the molecule is COC(=O)N[C@H](C(=O)N1[C@@H](C)CC[C@H]1c1nc(-c2ccc(-c3ccc(NC(=O)N4CCN(C5CCN(C(=O)C6CC6)CC5)CC4)cc3OC(F)(F)F)cc2)c[nH]1)C(C)C. The number of carbonyl (C=O) groups excluding carboxylic acids is 4. The van der Waals surface area contributed by atoms with Crippen LogP contribution in [0, 0.1) is 11.8 Å². The molecule has 3 atom stereocenters. The van der Waals surface area contributed by atoms with Gasteiger partial charge in [0.05, 0.1) is 18.8 Å². The van der Waals surface area contributed by atoms with Crippen molar-refractivity contribution in [1.29, 1.82) is 0 Å². The van der Waals surface area contributed by atoms with E-state index in [1.165, 1.54) is 19.2 Å². The third-order valence-corrected chi connectivity index (χ3v) is 12.0. The molecule has 7 rings (SSSR count). The average molecular weight is 823 g/mol. The van der Waals surface area contributed by atoms with E-state index < -0.39 is 30.3 Å². The summed E-state index contributed by atoms with van der Waals surface area (Å²) in [6, 6.07) is 9.79. The van der Waals surface area contributed by atoms with Crippen molar-refractivity contribution in [1.82, 2.24) is 34.9 Å². The van der Waals surface area contributed by atoms with Crippen LogP contribution in [0.2, 0.25) is 0 Å². The molecule has 3 saturated heterocycles. The van der Waals surface area contributed by atoms with E-state index in [4.69, 9.17) is 9.72 Å². The Labute approximate surface area is 341 Å². The number of halogens is 3. The van der Waals surface area contributed by atoms with Crippen LogP contribution in [0.3, 0.4) is 0 Å². The summed E-state index contributed by atoms with van der Waals surface area (Å²) < 4.78 is 50.3. The lowest BCUT2D eigenvalue weighted by atomic mass is 10.0. The van der Waals surface area contributed by atoms with Crippen LogP contribution in [-0.4, -0.2) is 124 Å². The third kappa shape index (κ3) is 9.77. The first-order valence-corrected chi connectivity index (χ1v) is 20.5. The zero-order chi connectivity index (χ0) is 42.0. The van der Waals surface area contributed by atoms with Crippen LogP contribution >= 0.6 is 0 Å². The Morgan fingerprint density at radius 2 is 1.54 bits per heavy atom. The number of piperazine rings is 1. The summed E-state index contributed by atoms with van der Waals surface area (Å²) in [6.45, 7) is 9.49. The number of benzene rings is 2. The lowest BCUT2D eigenvalue weighted by Gasteiger charge is -2.42. The van der Waals surface area contributed by atoms with Crippen LogP contribution in [-0.2, 0) is 14.3 Å². The number of rotatable bonds is 10. The van der Waals surface area contributed by atoms with Gasteiger partial charge in [0.1, 0.15) is 17.6 Å². The average Bonchev–Trinajstić information content (AvgIpc) is 3.83. The zero-order valence-corrected chi connectivity index (χ0v) is 33.9. The van der Waals surface area contributed by atoms with Crippen LogP contribution in [0.5, 0.6) is 5.75 Å². The van der Waals surface area contributed by atoms with Crippen molar-refractivity contribution >= 4 is 29.6 Å². The van der Waals surface area contributed by atoms with Gasteiger partial charge in [-0.2, -0.15) is 0 Å². The zero-order valence-electron chi connectivity index (χ0n) is 33.9. The Bertz CT molecular complexity index is 1990. The topological polar surface area (TPSA) is 152 Å². The minimum Gasteiger partial charge on any atom is -0.453 e. The van der Waals surface area contributed by atoms with Crippen molar-refractivity contribution < 1.29 is 41.8 Å². The normalized spacial score (nSPS) is 21.1. The quantitative estimate of drug-likeness (QED) is 0.206. The molecule has 4 heterocycles. The Balaban J connectivity index is 0.987. The molecule has 2 aromatic carbocycles. The molecule has 0 spiro atoms. The Morgan fingerprint density at radius 3 is 2.17 bits per heavy atom. The van der Waals surface area contributed by atoms with E-state index in [-0.39, 0.29) is 47.0 Å². The van der Waals surface area contributed by atoms with Crippen LogP contribution < -0.4 is 15.4 Å². The van der Waals surface area contributed by atoms with Crippen molar-refractivity contribution in [3.8, 4) is 28.1 Å². The number of hydrogen-bond acceptors (Lipinski definition) is 8. The summed E-state index contributed by atoms with van der Waals surface area (Å²) in [6.07, 6.45) is 1.30. The number of ether oxygens (including phenoxy) is 2. The van der Waals surface area contributed by atoms with Gasteiger partial charge in [-0.1, -0.05) is 38.1 Å². The van der Waals surface area contributed by atoms with Crippen molar-refractivity contribution in [3.63, 3.8) is 0 Å². The van der Waals surface area contributed by atoms with Crippen LogP contribution in [0.4, 0.5) is 28.4 Å². The molecule has 4 aliphatic rings. The molecule has 59 heavy (non-hydrogen) atoms. The molecule has 3 aliphatic heterocycles. The number of nitrogens with one attached hydrogen (secondary N) is 3. The number of amides is 5. The Morgan fingerprint density at radius 1 is 0.864 bits per heavy atom. The van der Waals surface area contributed by atoms with E-state index in [9.17, 15) is 32.3 Å². The van der Waals surface area contributed by atoms with Gasteiger partial charge in [0.15, 0.2) is 0 Å². The molecule has 3 aromatic rings. The number of carbonyl (C=O) groups is 4. The molecular weight excluding hydrogens is 770 g/mol. The van der Waals surface area contributed by atoms with E-state index in [0.717, 1.165) is 45.2 Å². The minimum absolute atomic E-state index is 0.0885.